The van der Waals surface area contributed by atoms with Gasteiger partial charge >= 0.3 is 0 Å². The number of carbonyl (C=O) groups is 1. The Morgan fingerprint density at radius 3 is 2.83 bits per heavy atom. The van der Waals surface area contributed by atoms with Crippen LogP contribution in [0.15, 0.2) is 11.4 Å². The van der Waals surface area contributed by atoms with Crippen molar-refractivity contribution < 1.29 is 4.79 Å². The van der Waals surface area contributed by atoms with Crippen molar-refractivity contribution in [1.82, 2.24) is 4.90 Å². The van der Waals surface area contributed by atoms with Gasteiger partial charge < -0.3 is 10.6 Å². The molecule has 1 atom stereocenters. The fourth-order valence-corrected chi connectivity index (χ4v) is 3.48. The average Bonchev–Trinajstić information content (AvgIpc) is 2.82. The summed E-state index contributed by atoms with van der Waals surface area (Å²) in [5.74, 6) is 0.237. The van der Waals surface area contributed by atoms with Crippen molar-refractivity contribution in [2.75, 3.05) is 6.54 Å². The molecule has 0 saturated carbocycles. The van der Waals surface area contributed by atoms with E-state index in [-0.39, 0.29) is 17.5 Å². The molecule has 18 heavy (non-hydrogen) atoms. The SMILES string of the molecule is Cc1ccsc1CCC(=O)N1CCC(N)C1(C)C. The molecular formula is C14H22N2OS. The van der Waals surface area contributed by atoms with E-state index in [9.17, 15) is 4.79 Å². The molecule has 100 valence electrons. The first-order valence-electron chi connectivity index (χ1n) is 6.52. The van der Waals surface area contributed by atoms with Gasteiger partial charge in [0, 0.05) is 23.9 Å². The summed E-state index contributed by atoms with van der Waals surface area (Å²) in [6.07, 6.45) is 2.36. The summed E-state index contributed by atoms with van der Waals surface area (Å²) in [6.45, 7) is 7.04. The van der Waals surface area contributed by atoms with Crippen LogP contribution in [0.2, 0.25) is 0 Å². The molecule has 0 radical (unpaired) electrons. The summed E-state index contributed by atoms with van der Waals surface area (Å²) < 4.78 is 0. The monoisotopic (exact) mass is 266 g/mol. The molecule has 1 aliphatic rings. The first kappa shape index (κ1) is 13.6. The second-order valence-corrected chi connectivity index (χ2v) is 6.62. The van der Waals surface area contributed by atoms with Crippen molar-refractivity contribution in [1.29, 1.82) is 0 Å². The lowest BCUT2D eigenvalue weighted by Gasteiger charge is -2.34. The van der Waals surface area contributed by atoms with E-state index < -0.39 is 0 Å². The largest absolute Gasteiger partial charge is 0.336 e. The van der Waals surface area contributed by atoms with Crippen molar-refractivity contribution in [3.8, 4) is 0 Å². The Hall–Kier alpha value is -0.870. The van der Waals surface area contributed by atoms with Gasteiger partial charge in [0.25, 0.3) is 0 Å². The molecule has 3 nitrogen and oxygen atoms in total. The molecule has 0 spiro atoms. The standard InChI is InChI=1S/C14H22N2OS/c1-10-7-9-18-11(10)4-5-13(17)16-8-6-12(15)14(16,2)3/h7,9,12H,4-6,8,15H2,1-3H3. The van der Waals surface area contributed by atoms with E-state index in [1.54, 1.807) is 11.3 Å². The van der Waals surface area contributed by atoms with Gasteiger partial charge in [-0.15, -0.1) is 11.3 Å². The predicted molar refractivity (Wildman–Crippen MR) is 75.8 cm³/mol. The number of hydrogen-bond acceptors (Lipinski definition) is 3. The lowest BCUT2D eigenvalue weighted by molar-refractivity contribution is -0.134. The number of hydrogen-bond donors (Lipinski definition) is 1. The molecule has 1 unspecified atom stereocenters. The molecule has 2 heterocycles. The van der Waals surface area contributed by atoms with Gasteiger partial charge in [-0.3, -0.25) is 4.79 Å². The minimum absolute atomic E-state index is 0.102. The molecule has 0 aromatic carbocycles. The third-order valence-corrected chi connectivity index (χ3v) is 5.18. The first-order valence-corrected chi connectivity index (χ1v) is 7.40. The summed E-state index contributed by atoms with van der Waals surface area (Å²) in [5, 5.41) is 2.09. The zero-order chi connectivity index (χ0) is 13.3. The molecule has 1 amide bonds. The quantitative estimate of drug-likeness (QED) is 0.912. The van der Waals surface area contributed by atoms with E-state index in [1.165, 1.54) is 10.4 Å². The topological polar surface area (TPSA) is 46.3 Å². The number of nitrogens with two attached hydrogens (primary N) is 1. The van der Waals surface area contributed by atoms with Crippen molar-refractivity contribution >= 4 is 17.2 Å². The van der Waals surface area contributed by atoms with E-state index >= 15 is 0 Å². The van der Waals surface area contributed by atoms with Gasteiger partial charge in [-0.25, -0.2) is 0 Å². The first-order chi connectivity index (χ1) is 8.43. The smallest absolute Gasteiger partial charge is 0.223 e. The van der Waals surface area contributed by atoms with Gasteiger partial charge in [-0.05, 0) is 50.6 Å². The van der Waals surface area contributed by atoms with Crippen LogP contribution in [-0.4, -0.2) is 28.9 Å². The molecule has 2 rings (SSSR count). The predicted octanol–water partition coefficient (Wildman–Crippen LogP) is 2.33. The fraction of sp³-hybridized carbons (Fsp3) is 0.643. The van der Waals surface area contributed by atoms with Gasteiger partial charge in [-0.1, -0.05) is 0 Å². The Bertz CT molecular complexity index is 439. The third-order valence-electron chi connectivity index (χ3n) is 4.10. The van der Waals surface area contributed by atoms with Crippen LogP contribution in [0.25, 0.3) is 0 Å². The molecule has 2 N–H and O–H groups in total. The minimum atomic E-state index is -0.193. The Labute approximate surface area is 113 Å². The van der Waals surface area contributed by atoms with Crippen LogP contribution in [-0.2, 0) is 11.2 Å². The lowest BCUT2D eigenvalue weighted by atomic mass is 9.96. The Kier molecular flexibility index (Phi) is 3.78. The second kappa shape index (κ2) is 5.02. The molecule has 1 aromatic heterocycles. The van der Waals surface area contributed by atoms with E-state index in [1.807, 2.05) is 4.90 Å². The van der Waals surface area contributed by atoms with Crippen molar-refractivity contribution in [3.63, 3.8) is 0 Å². The number of thiophene rings is 1. The Morgan fingerprint density at radius 1 is 1.61 bits per heavy atom. The zero-order valence-electron chi connectivity index (χ0n) is 11.4. The second-order valence-electron chi connectivity index (χ2n) is 5.62. The summed E-state index contributed by atoms with van der Waals surface area (Å²) in [6, 6.07) is 2.21. The molecule has 0 bridgehead atoms. The van der Waals surface area contributed by atoms with Crippen LogP contribution in [0.5, 0.6) is 0 Å². The number of aryl methyl sites for hydroxylation is 2. The van der Waals surface area contributed by atoms with E-state index in [0.29, 0.717) is 6.42 Å². The van der Waals surface area contributed by atoms with Gasteiger partial charge in [0.2, 0.25) is 5.91 Å². The van der Waals surface area contributed by atoms with Crippen molar-refractivity contribution in [2.45, 2.75) is 51.6 Å². The van der Waals surface area contributed by atoms with Crippen molar-refractivity contribution in [3.05, 3.63) is 21.9 Å². The fourth-order valence-electron chi connectivity index (χ4n) is 2.57. The molecule has 1 fully saturated rings. The number of carbonyl (C=O) groups excluding carboxylic acids is 1. The third kappa shape index (κ3) is 2.45. The number of likely N-dealkylation sites (tertiary alicyclic amines) is 1. The van der Waals surface area contributed by atoms with Crippen LogP contribution in [0.4, 0.5) is 0 Å². The maximum Gasteiger partial charge on any atom is 0.223 e. The highest BCUT2D eigenvalue weighted by Gasteiger charge is 2.41. The van der Waals surface area contributed by atoms with Crippen LogP contribution >= 0.6 is 11.3 Å². The molecule has 1 saturated heterocycles. The number of amides is 1. The van der Waals surface area contributed by atoms with Crippen LogP contribution in [0.1, 0.15) is 37.1 Å². The van der Waals surface area contributed by atoms with E-state index in [0.717, 1.165) is 19.4 Å². The van der Waals surface area contributed by atoms with Gasteiger partial charge in [-0.2, -0.15) is 0 Å². The number of nitrogens with zero attached hydrogens (tertiary/aromatic N) is 1. The molecular weight excluding hydrogens is 244 g/mol. The van der Waals surface area contributed by atoms with Gasteiger partial charge in [0.15, 0.2) is 0 Å². The van der Waals surface area contributed by atoms with E-state index in [4.69, 9.17) is 5.73 Å². The summed E-state index contributed by atoms with van der Waals surface area (Å²) in [4.78, 5) is 15.6. The highest BCUT2D eigenvalue weighted by atomic mass is 32.1. The summed E-state index contributed by atoms with van der Waals surface area (Å²) in [7, 11) is 0. The molecule has 0 aliphatic carbocycles. The molecule has 1 aliphatic heterocycles. The zero-order valence-corrected chi connectivity index (χ0v) is 12.2. The van der Waals surface area contributed by atoms with Gasteiger partial charge in [0.05, 0.1) is 5.54 Å². The summed E-state index contributed by atoms with van der Waals surface area (Å²) in [5.41, 5.74) is 7.17. The lowest BCUT2D eigenvalue weighted by Crippen LogP contribution is -2.51. The normalized spacial score (nSPS) is 22.4. The minimum Gasteiger partial charge on any atom is -0.336 e. The Morgan fingerprint density at radius 2 is 2.33 bits per heavy atom. The summed E-state index contributed by atoms with van der Waals surface area (Å²) >= 11 is 1.74. The van der Waals surface area contributed by atoms with Crippen LogP contribution < -0.4 is 5.73 Å². The number of rotatable bonds is 3. The maximum atomic E-state index is 12.3. The Balaban J connectivity index is 1.95. The van der Waals surface area contributed by atoms with Gasteiger partial charge in [0.1, 0.15) is 0 Å². The average molecular weight is 266 g/mol. The molecule has 1 aromatic rings. The van der Waals surface area contributed by atoms with Crippen molar-refractivity contribution in [2.24, 2.45) is 5.73 Å². The highest BCUT2D eigenvalue weighted by Crippen LogP contribution is 2.28. The van der Waals surface area contributed by atoms with Crippen LogP contribution in [0, 0.1) is 6.92 Å². The maximum absolute atomic E-state index is 12.3. The molecule has 4 heteroatoms. The van der Waals surface area contributed by atoms with E-state index in [2.05, 4.69) is 32.2 Å². The van der Waals surface area contributed by atoms with Crippen LogP contribution in [0.3, 0.4) is 0 Å². The highest BCUT2D eigenvalue weighted by molar-refractivity contribution is 7.10.